The number of hydrogen-bond acceptors (Lipinski definition) is 0. The largest absolute Gasteiger partial charge is 0.127 e. The Kier molecular flexibility index (Phi) is 1.73. The lowest BCUT2D eigenvalue weighted by Gasteiger charge is -2.15. The van der Waals surface area contributed by atoms with E-state index in [2.05, 4.69) is 12.2 Å². The van der Waals surface area contributed by atoms with Crippen LogP contribution in [-0.2, 0) is 0 Å². The van der Waals surface area contributed by atoms with Crippen LogP contribution in [0.3, 0.4) is 0 Å². The van der Waals surface area contributed by atoms with E-state index in [0.717, 1.165) is 23.6 Å². The van der Waals surface area contributed by atoms with Crippen molar-refractivity contribution in [3.8, 4) is 0 Å². The third-order valence-electron chi connectivity index (χ3n) is 2.90. The quantitative estimate of drug-likeness (QED) is 0.426. The van der Waals surface area contributed by atoms with Crippen LogP contribution < -0.4 is 0 Å². The van der Waals surface area contributed by atoms with Crippen LogP contribution in [-0.4, -0.2) is 5.88 Å². The SMILES string of the molecule is ClCC[C@@H]1C[C@@H]2C=C[C@@H]1C2. The molecular formula is C9H13Cl. The molecule has 0 aliphatic heterocycles. The van der Waals surface area contributed by atoms with E-state index in [9.17, 15) is 0 Å². The van der Waals surface area contributed by atoms with Crippen LogP contribution in [0.15, 0.2) is 12.2 Å². The molecular weight excluding hydrogens is 144 g/mol. The zero-order valence-electron chi connectivity index (χ0n) is 6.09. The van der Waals surface area contributed by atoms with Crippen molar-refractivity contribution in [1.29, 1.82) is 0 Å². The van der Waals surface area contributed by atoms with Crippen LogP contribution in [0.2, 0.25) is 0 Å². The Balaban J connectivity index is 1.96. The normalized spacial score (nSPS) is 43.1. The predicted octanol–water partition coefficient (Wildman–Crippen LogP) is 2.83. The number of fused-ring (bicyclic) bond motifs is 2. The van der Waals surface area contributed by atoms with E-state index < -0.39 is 0 Å². The summed E-state index contributed by atoms with van der Waals surface area (Å²) in [5.74, 6) is 3.58. The van der Waals surface area contributed by atoms with Gasteiger partial charge in [0, 0.05) is 5.88 Å². The first-order chi connectivity index (χ1) is 4.90. The van der Waals surface area contributed by atoms with Crippen molar-refractivity contribution in [2.75, 3.05) is 5.88 Å². The molecule has 2 aliphatic carbocycles. The van der Waals surface area contributed by atoms with Gasteiger partial charge in [0.15, 0.2) is 0 Å². The molecule has 0 N–H and O–H groups in total. The smallest absolute Gasteiger partial charge is 0.0226 e. The minimum atomic E-state index is 0.849. The minimum absolute atomic E-state index is 0.849. The second-order valence-electron chi connectivity index (χ2n) is 3.52. The summed E-state index contributed by atoms with van der Waals surface area (Å²) in [6.45, 7) is 0. The van der Waals surface area contributed by atoms with Gasteiger partial charge in [-0.25, -0.2) is 0 Å². The van der Waals surface area contributed by atoms with Crippen molar-refractivity contribution in [2.24, 2.45) is 17.8 Å². The van der Waals surface area contributed by atoms with Crippen LogP contribution >= 0.6 is 11.6 Å². The lowest BCUT2D eigenvalue weighted by molar-refractivity contribution is 0.436. The first-order valence-electron chi connectivity index (χ1n) is 4.14. The third kappa shape index (κ3) is 0.989. The molecule has 56 valence electrons. The Bertz CT molecular complexity index is 151. The van der Waals surface area contributed by atoms with E-state index in [4.69, 9.17) is 11.6 Å². The Morgan fingerprint density at radius 1 is 1.30 bits per heavy atom. The van der Waals surface area contributed by atoms with Crippen molar-refractivity contribution in [2.45, 2.75) is 19.3 Å². The summed E-state index contributed by atoms with van der Waals surface area (Å²) in [6.07, 6.45) is 8.84. The van der Waals surface area contributed by atoms with Crippen LogP contribution in [0.1, 0.15) is 19.3 Å². The summed E-state index contributed by atoms with van der Waals surface area (Å²) in [4.78, 5) is 0. The molecule has 2 rings (SSSR count). The molecule has 2 aliphatic rings. The Morgan fingerprint density at radius 2 is 2.20 bits per heavy atom. The lowest BCUT2D eigenvalue weighted by Crippen LogP contribution is -2.06. The van der Waals surface area contributed by atoms with Crippen molar-refractivity contribution in [1.82, 2.24) is 0 Å². The molecule has 1 fully saturated rings. The van der Waals surface area contributed by atoms with Crippen molar-refractivity contribution in [3.63, 3.8) is 0 Å². The second-order valence-corrected chi connectivity index (χ2v) is 3.90. The molecule has 0 aromatic heterocycles. The fourth-order valence-corrected chi connectivity index (χ4v) is 2.65. The molecule has 0 radical (unpaired) electrons. The number of rotatable bonds is 2. The summed E-state index contributed by atoms with van der Waals surface area (Å²) < 4.78 is 0. The summed E-state index contributed by atoms with van der Waals surface area (Å²) in [5.41, 5.74) is 0. The van der Waals surface area contributed by atoms with Gasteiger partial charge in [0.2, 0.25) is 0 Å². The number of halogens is 1. The molecule has 2 bridgehead atoms. The zero-order chi connectivity index (χ0) is 6.97. The molecule has 0 saturated heterocycles. The molecule has 0 spiro atoms. The van der Waals surface area contributed by atoms with Gasteiger partial charge in [0.1, 0.15) is 0 Å². The molecule has 1 saturated carbocycles. The molecule has 3 atom stereocenters. The monoisotopic (exact) mass is 156 g/mol. The van der Waals surface area contributed by atoms with Gasteiger partial charge in [-0.1, -0.05) is 12.2 Å². The highest BCUT2D eigenvalue weighted by Crippen LogP contribution is 2.44. The predicted molar refractivity (Wildman–Crippen MR) is 44.2 cm³/mol. The minimum Gasteiger partial charge on any atom is -0.127 e. The fraction of sp³-hybridized carbons (Fsp3) is 0.778. The number of alkyl halides is 1. The van der Waals surface area contributed by atoms with Crippen molar-refractivity contribution in [3.05, 3.63) is 12.2 Å². The van der Waals surface area contributed by atoms with Crippen LogP contribution in [0.25, 0.3) is 0 Å². The standard InChI is InChI=1S/C9H13Cl/c10-4-3-9-6-7-1-2-8(9)5-7/h1-2,7-9H,3-6H2/t7-,8-,9-/m1/s1. The molecule has 0 amide bonds. The van der Waals surface area contributed by atoms with E-state index in [-0.39, 0.29) is 0 Å². The highest BCUT2D eigenvalue weighted by atomic mass is 35.5. The van der Waals surface area contributed by atoms with Crippen molar-refractivity contribution >= 4 is 11.6 Å². The summed E-state index contributed by atoms with van der Waals surface area (Å²) in [5, 5.41) is 0. The van der Waals surface area contributed by atoms with Gasteiger partial charge in [0.05, 0.1) is 0 Å². The van der Waals surface area contributed by atoms with Gasteiger partial charge in [-0.3, -0.25) is 0 Å². The van der Waals surface area contributed by atoms with Gasteiger partial charge in [-0.2, -0.15) is 0 Å². The number of allylic oxidation sites excluding steroid dienone is 2. The summed E-state index contributed by atoms with van der Waals surface area (Å²) in [6, 6.07) is 0. The van der Waals surface area contributed by atoms with E-state index in [1.807, 2.05) is 0 Å². The van der Waals surface area contributed by atoms with Crippen molar-refractivity contribution < 1.29 is 0 Å². The Morgan fingerprint density at radius 3 is 2.70 bits per heavy atom. The molecule has 10 heavy (non-hydrogen) atoms. The Hall–Kier alpha value is 0.0300. The van der Waals surface area contributed by atoms with E-state index in [1.165, 1.54) is 19.3 Å². The maximum atomic E-state index is 5.69. The second kappa shape index (κ2) is 2.58. The van der Waals surface area contributed by atoms with E-state index in [0.29, 0.717) is 0 Å². The Labute approximate surface area is 67.3 Å². The van der Waals surface area contributed by atoms with Gasteiger partial charge < -0.3 is 0 Å². The van der Waals surface area contributed by atoms with Gasteiger partial charge in [-0.05, 0) is 37.0 Å². The fourth-order valence-electron chi connectivity index (χ4n) is 2.37. The molecule has 0 nitrogen and oxygen atoms in total. The van der Waals surface area contributed by atoms with E-state index in [1.54, 1.807) is 0 Å². The molecule has 0 heterocycles. The van der Waals surface area contributed by atoms with Gasteiger partial charge >= 0.3 is 0 Å². The highest BCUT2D eigenvalue weighted by Gasteiger charge is 2.34. The maximum absolute atomic E-state index is 5.69. The molecule has 0 aromatic carbocycles. The molecule has 0 unspecified atom stereocenters. The van der Waals surface area contributed by atoms with Gasteiger partial charge in [-0.15, -0.1) is 11.6 Å². The van der Waals surface area contributed by atoms with Crippen LogP contribution in [0.4, 0.5) is 0 Å². The topological polar surface area (TPSA) is 0 Å². The first-order valence-corrected chi connectivity index (χ1v) is 4.68. The van der Waals surface area contributed by atoms with Gasteiger partial charge in [0.25, 0.3) is 0 Å². The maximum Gasteiger partial charge on any atom is 0.0226 e. The average molecular weight is 157 g/mol. The summed E-state index contributed by atoms with van der Waals surface area (Å²) in [7, 11) is 0. The lowest BCUT2D eigenvalue weighted by atomic mass is 9.91. The number of hydrogen-bond donors (Lipinski definition) is 0. The summed E-state index contributed by atoms with van der Waals surface area (Å²) >= 11 is 5.69. The molecule has 1 heteroatoms. The third-order valence-corrected chi connectivity index (χ3v) is 3.11. The average Bonchev–Trinajstić information content (AvgIpc) is 2.48. The zero-order valence-corrected chi connectivity index (χ0v) is 6.85. The van der Waals surface area contributed by atoms with Crippen LogP contribution in [0.5, 0.6) is 0 Å². The van der Waals surface area contributed by atoms with E-state index >= 15 is 0 Å². The first kappa shape index (κ1) is 6.72. The molecule has 0 aromatic rings. The highest BCUT2D eigenvalue weighted by molar-refractivity contribution is 6.17. The van der Waals surface area contributed by atoms with Crippen LogP contribution in [0, 0.1) is 17.8 Å².